The molecule has 0 N–H and O–H groups in total. The third-order valence-corrected chi connectivity index (χ3v) is 3.92. The van der Waals surface area contributed by atoms with E-state index < -0.39 is 0 Å². The highest BCUT2D eigenvalue weighted by Crippen LogP contribution is 2.31. The molecule has 104 valence electrons. The topological polar surface area (TPSA) is 20.3 Å². The SMILES string of the molecule is CN(c1cccc2cccc(S)c12)[13C](=O)c1ccccc1. The van der Waals surface area contributed by atoms with Crippen LogP contribution in [-0.2, 0) is 0 Å². The van der Waals surface area contributed by atoms with Crippen LogP contribution in [0.4, 0.5) is 5.69 Å². The Bertz CT molecular complexity index is 793. The zero-order chi connectivity index (χ0) is 14.8. The van der Waals surface area contributed by atoms with Gasteiger partial charge in [-0.2, -0.15) is 0 Å². The monoisotopic (exact) mass is 294 g/mol. The number of anilines is 1. The summed E-state index contributed by atoms with van der Waals surface area (Å²) in [6, 6.07) is 21.2. The van der Waals surface area contributed by atoms with Gasteiger partial charge in [-0.15, -0.1) is 12.6 Å². The molecule has 0 heterocycles. The van der Waals surface area contributed by atoms with E-state index in [1.54, 1.807) is 11.9 Å². The summed E-state index contributed by atoms with van der Waals surface area (Å²) >= 11 is 4.53. The number of thiol groups is 1. The van der Waals surface area contributed by atoms with Gasteiger partial charge in [0.25, 0.3) is 5.91 Å². The highest BCUT2D eigenvalue weighted by Gasteiger charge is 2.16. The maximum Gasteiger partial charge on any atom is 0.258 e. The number of rotatable bonds is 2. The lowest BCUT2D eigenvalue weighted by Crippen LogP contribution is -2.26. The smallest absolute Gasteiger partial charge is 0.258 e. The molecule has 21 heavy (non-hydrogen) atoms. The standard InChI is InChI=1S/C18H15NOS/c1-19(18(20)14-7-3-2-4-8-14)15-11-5-9-13-10-6-12-16(21)17(13)15/h2-12,21H,1H3/i18+1. The van der Waals surface area contributed by atoms with Gasteiger partial charge < -0.3 is 4.90 Å². The van der Waals surface area contributed by atoms with Crippen LogP contribution in [0.25, 0.3) is 10.8 Å². The van der Waals surface area contributed by atoms with Crippen LogP contribution in [-0.4, -0.2) is 13.0 Å². The van der Waals surface area contributed by atoms with Crippen LogP contribution >= 0.6 is 12.6 Å². The Morgan fingerprint density at radius 3 is 2.29 bits per heavy atom. The van der Waals surface area contributed by atoms with Gasteiger partial charge in [0.1, 0.15) is 0 Å². The van der Waals surface area contributed by atoms with Gasteiger partial charge >= 0.3 is 0 Å². The first-order valence-corrected chi connectivity index (χ1v) is 7.17. The maximum absolute atomic E-state index is 12.6. The van der Waals surface area contributed by atoms with Gasteiger partial charge in [-0.05, 0) is 29.7 Å². The molecule has 0 saturated carbocycles. The van der Waals surface area contributed by atoms with Crippen LogP contribution in [0.2, 0.25) is 0 Å². The van der Waals surface area contributed by atoms with E-state index in [2.05, 4.69) is 12.6 Å². The Balaban J connectivity index is 2.10. The second-order valence-corrected chi connectivity index (χ2v) is 5.36. The van der Waals surface area contributed by atoms with Crippen molar-refractivity contribution in [1.82, 2.24) is 0 Å². The molecular weight excluding hydrogens is 279 g/mol. The first kappa shape index (κ1) is 13.7. The number of hydrogen-bond donors (Lipinski definition) is 1. The van der Waals surface area contributed by atoms with Gasteiger partial charge in [0, 0.05) is 22.9 Å². The van der Waals surface area contributed by atoms with E-state index in [0.29, 0.717) is 5.56 Å². The van der Waals surface area contributed by atoms with Crippen molar-refractivity contribution in [2.45, 2.75) is 4.90 Å². The van der Waals surface area contributed by atoms with E-state index in [4.69, 9.17) is 0 Å². The molecule has 0 aliphatic rings. The summed E-state index contributed by atoms with van der Waals surface area (Å²) in [6.07, 6.45) is 0. The molecule has 2 nitrogen and oxygen atoms in total. The van der Waals surface area contributed by atoms with Crippen molar-refractivity contribution in [2.75, 3.05) is 11.9 Å². The Kier molecular flexibility index (Phi) is 3.67. The first-order valence-electron chi connectivity index (χ1n) is 6.72. The number of carbonyl (C=O) groups excluding carboxylic acids is 1. The number of hydrogen-bond acceptors (Lipinski definition) is 2. The Morgan fingerprint density at radius 1 is 0.905 bits per heavy atom. The number of benzene rings is 3. The summed E-state index contributed by atoms with van der Waals surface area (Å²) in [4.78, 5) is 15.2. The van der Waals surface area contributed by atoms with Crippen molar-refractivity contribution in [1.29, 1.82) is 0 Å². The van der Waals surface area contributed by atoms with Crippen LogP contribution in [0.1, 0.15) is 10.4 Å². The van der Waals surface area contributed by atoms with E-state index in [-0.39, 0.29) is 5.91 Å². The molecule has 0 saturated heterocycles. The molecule has 0 bridgehead atoms. The van der Waals surface area contributed by atoms with Crippen molar-refractivity contribution in [3.63, 3.8) is 0 Å². The number of nitrogens with zero attached hydrogens (tertiary/aromatic N) is 1. The molecule has 0 spiro atoms. The normalized spacial score (nSPS) is 10.6. The molecule has 1 amide bonds. The van der Waals surface area contributed by atoms with Gasteiger partial charge in [-0.25, -0.2) is 0 Å². The van der Waals surface area contributed by atoms with E-state index in [1.165, 1.54) is 0 Å². The minimum Gasteiger partial charge on any atom is -0.311 e. The highest BCUT2D eigenvalue weighted by atomic mass is 32.1. The van der Waals surface area contributed by atoms with E-state index in [1.807, 2.05) is 66.7 Å². The molecule has 0 fully saturated rings. The van der Waals surface area contributed by atoms with Crippen LogP contribution < -0.4 is 4.90 Å². The zero-order valence-electron chi connectivity index (χ0n) is 11.7. The summed E-state index contributed by atoms with van der Waals surface area (Å²) in [7, 11) is 1.80. The van der Waals surface area contributed by atoms with Gasteiger partial charge in [0.05, 0.1) is 5.69 Å². The summed E-state index contributed by atoms with van der Waals surface area (Å²) in [6.45, 7) is 0. The number of carbonyl (C=O) groups is 1. The average Bonchev–Trinajstić information content (AvgIpc) is 2.54. The minimum atomic E-state index is -0.0281. The fraction of sp³-hybridized carbons (Fsp3) is 0.0556. The van der Waals surface area contributed by atoms with Crippen molar-refractivity contribution < 1.29 is 4.79 Å². The summed E-state index contributed by atoms with van der Waals surface area (Å²) in [5.74, 6) is -0.0281. The third-order valence-electron chi connectivity index (χ3n) is 3.55. The molecular formula is C18H15NOS. The van der Waals surface area contributed by atoms with Gasteiger partial charge in [0.15, 0.2) is 0 Å². The molecule has 3 aromatic rings. The fourth-order valence-electron chi connectivity index (χ4n) is 2.47. The van der Waals surface area contributed by atoms with E-state index >= 15 is 0 Å². The molecule has 0 radical (unpaired) electrons. The lowest BCUT2D eigenvalue weighted by atomic mass is 10.1. The Hall–Kier alpha value is -2.26. The average molecular weight is 294 g/mol. The molecule has 0 atom stereocenters. The predicted molar refractivity (Wildman–Crippen MR) is 90.4 cm³/mol. The van der Waals surface area contributed by atoms with Crippen molar-refractivity contribution in [3.05, 3.63) is 72.3 Å². The molecule has 0 unspecified atom stereocenters. The number of amides is 1. The molecule has 0 aliphatic carbocycles. The Labute approximate surface area is 129 Å². The lowest BCUT2D eigenvalue weighted by molar-refractivity contribution is 0.0993. The summed E-state index contributed by atoms with van der Waals surface area (Å²) < 4.78 is 0. The third kappa shape index (κ3) is 2.52. The predicted octanol–water partition coefficient (Wildman–Crippen LogP) is 4.41. The van der Waals surface area contributed by atoms with Crippen LogP contribution in [0.3, 0.4) is 0 Å². The molecule has 3 rings (SSSR count). The summed E-state index contributed by atoms with van der Waals surface area (Å²) in [5, 5.41) is 2.07. The number of fused-ring (bicyclic) bond motifs is 1. The van der Waals surface area contributed by atoms with Crippen LogP contribution in [0.5, 0.6) is 0 Å². The quantitative estimate of drug-likeness (QED) is 0.548. The molecule has 0 aliphatic heterocycles. The van der Waals surface area contributed by atoms with Gasteiger partial charge in [-0.1, -0.05) is 42.5 Å². The van der Waals surface area contributed by atoms with E-state index in [0.717, 1.165) is 21.4 Å². The second-order valence-electron chi connectivity index (χ2n) is 4.88. The highest BCUT2D eigenvalue weighted by molar-refractivity contribution is 7.80. The van der Waals surface area contributed by atoms with Gasteiger partial charge in [0.2, 0.25) is 0 Å². The molecule has 3 aromatic carbocycles. The van der Waals surface area contributed by atoms with Crippen LogP contribution in [0.15, 0.2) is 71.6 Å². The fourth-order valence-corrected chi connectivity index (χ4v) is 2.79. The molecule has 3 heteroatoms. The minimum absolute atomic E-state index is 0.0281. The van der Waals surface area contributed by atoms with Crippen molar-refractivity contribution in [2.24, 2.45) is 0 Å². The van der Waals surface area contributed by atoms with Crippen molar-refractivity contribution in [3.8, 4) is 0 Å². The Morgan fingerprint density at radius 2 is 1.57 bits per heavy atom. The maximum atomic E-state index is 12.6. The summed E-state index contributed by atoms with van der Waals surface area (Å²) in [5.41, 5.74) is 1.54. The zero-order valence-corrected chi connectivity index (χ0v) is 12.5. The second kappa shape index (κ2) is 5.62. The molecule has 0 aromatic heterocycles. The van der Waals surface area contributed by atoms with E-state index in [9.17, 15) is 4.79 Å². The van der Waals surface area contributed by atoms with Gasteiger partial charge in [-0.3, -0.25) is 4.79 Å². The van der Waals surface area contributed by atoms with Crippen molar-refractivity contribution >= 4 is 35.0 Å². The largest absolute Gasteiger partial charge is 0.311 e. The lowest BCUT2D eigenvalue weighted by Gasteiger charge is -2.20. The first-order chi connectivity index (χ1) is 10.2. The van der Waals surface area contributed by atoms with Crippen LogP contribution in [0, 0.1) is 0 Å².